The Balaban J connectivity index is 2.51. The average Bonchev–Trinajstić information content (AvgIpc) is 2.30. The number of esters is 1. The van der Waals surface area contributed by atoms with Crippen molar-refractivity contribution in [2.24, 2.45) is 0 Å². The quantitative estimate of drug-likeness (QED) is 0.771. The summed E-state index contributed by atoms with van der Waals surface area (Å²) in [5.74, 6) is -0.912. The van der Waals surface area contributed by atoms with Crippen LogP contribution in [0.2, 0.25) is 0 Å². The zero-order chi connectivity index (χ0) is 12.0. The lowest BCUT2D eigenvalue weighted by Gasteiger charge is -2.07. The number of rotatable bonds is 5. The number of ether oxygens (including phenoxy) is 2. The van der Waals surface area contributed by atoms with E-state index in [4.69, 9.17) is 9.84 Å². The van der Waals surface area contributed by atoms with Gasteiger partial charge in [-0.2, -0.15) is 0 Å². The van der Waals surface area contributed by atoms with Crippen molar-refractivity contribution in [2.45, 2.75) is 13.0 Å². The van der Waals surface area contributed by atoms with E-state index in [-0.39, 0.29) is 25.4 Å². The van der Waals surface area contributed by atoms with Crippen LogP contribution in [0.4, 0.5) is 4.39 Å². The molecule has 88 valence electrons. The van der Waals surface area contributed by atoms with Gasteiger partial charge in [-0.25, -0.2) is 4.39 Å². The molecule has 0 atom stereocenters. The number of benzene rings is 1. The summed E-state index contributed by atoms with van der Waals surface area (Å²) in [7, 11) is 1.28. The van der Waals surface area contributed by atoms with Crippen LogP contribution in [0.25, 0.3) is 0 Å². The number of carbonyl (C=O) groups excluding carboxylic acids is 1. The predicted molar refractivity (Wildman–Crippen MR) is 54.5 cm³/mol. The fraction of sp³-hybridized carbons (Fsp3) is 0.364. The van der Waals surface area contributed by atoms with Crippen LogP contribution >= 0.6 is 0 Å². The fourth-order valence-electron chi connectivity index (χ4n) is 1.11. The minimum absolute atomic E-state index is 0.0566. The highest BCUT2D eigenvalue weighted by Gasteiger charge is 2.06. The molecule has 1 aromatic carbocycles. The van der Waals surface area contributed by atoms with E-state index in [9.17, 15) is 9.18 Å². The van der Waals surface area contributed by atoms with Gasteiger partial charge in [0.05, 0.1) is 26.7 Å². The SMILES string of the molecule is COC(=O)CCOc1ccc(CO)cc1F. The van der Waals surface area contributed by atoms with Crippen LogP contribution in [0, 0.1) is 5.82 Å². The summed E-state index contributed by atoms with van der Waals surface area (Å²) in [5, 5.41) is 8.77. The number of methoxy groups -OCH3 is 1. The standard InChI is InChI=1S/C11H13FO4/c1-15-11(14)4-5-16-10-3-2-8(7-13)6-9(10)12/h2-3,6,13H,4-5,7H2,1H3. The van der Waals surface area contributed by atoms with Crippen molar-refractivity contribution in [1.29, 1.82) is 0 Å². The number of carbonyl (C=O) groups is 1. The second-order valence-corrected chi connectivity index (χ2v) is 3.10. The van der Waals surface area contributed by atoms with E-state index < -0.39 is 11.8 Å². The third-order valence-electron chi connectivity index (χ3n) is 1.97. The monoisotopic (exact) mass is 228 g/mol. The number of halogens is 1. The average molecular weight is 228 g/mol. The van der Waals surface area contributed by atoms with Crippen molar-refractivity contribution in [3.63, 3.8) is 0 Å². The molecule has 16 heavy (non-hydrogen) atoms. The number of hydrogen-bond acceptors (Lipinski definition) is 4. The maximum atomic E-state index is 13.3. The second kappa shape index (κ2) is 6.07. The van der Waals surface area contributed by atoms with Crippen LogP contribution in [0.1, 0.15) is 12.0 Å². The highest BCUT2D eigenvalue weighted by Crippen LogP contribution is 2.18. The zero-order valence-electron chi connectivity index (χ0n) is 8.90. The fourth-order valence-corrected chi connectivity index (χ4v) is 1.11. The molecular weight excluding hydrogens is 215 g/mol. The van der Waals surface area contributed by atoms with Gasteiger partial charge in [-0.3, -0.25) is 4.79 Å². The highest BCUT2D eigenvalue weighted by atomic mass is 19.1. The van der Waals surface area contributed by atoms with E-state index in [1.807, 2.05) is 0 Å². The predicted octanol–water partition coefficient (Wildman–Crippen LogP) is 1.26. The molecule has 0 heterocycles. The Bertz CT molecular complexity index is 365. The lowest BCUT2D eigenvalue weighted by molar-refractivity contribution is -0.141. The van der Waals surface area contributed by atoms with E-state index in [2.05, 4.69) is 4.74 Å². The molecule has 0 spiro atoms. The molecule has 1 aromatic rings. The first kappa shape index (κ1) is 12.4. The number of hydrogen-bond donors (Lipinski definition) is 1. The van der Waals surface area contributed by atoms with Gasteiger partial charge >= 0.3 is 5.97 Å². The molecule has 0 aromatic heterocycles. The van der Waals surface area contributed by atoms with E-state index in [0.29, 0.717) is 5.56 Å². The molecular formula is C11H13FO4. The molecule has 1 rings (SSSR count). The van der Waals surface area contributed by atoms with Gasteiger partial charge in [0.15, 0.2) is 11.6 Å². The van der Waals surface area contributed by atoms with E-state index in [1.165, 1.54) is 19.2 Å². The Morgan fingerprint density at radius 2 is 2.25 bits per heavy atom. The Labute approximate surface area is 92.6 Å². The Kier molecular flexibility index (Phi) is 4.72. The normalized spacial score (nSPS) is 9.94. The van der Waals surface area contributed by atoms with Gasteiger partial charge in [0.2, 0.25) is 0 Å². The van der Waals surface area contributed by atoms with Crippen LogP contribution in [0.15, 0.2) is 18.2 Å². The van der Waals surface area contributed by atoms with Gasteiger partial charge in [-0.1, -0.05) is 6.07 Å². The van der Waals surface area contributed by atoms with Crippen molar-refractivity contribution < 1.29 is 23.8 Å². The molecule has 0 fully saturated rings. The Morgan fingerprint density at radius 3 is 2.81 bits per heavy atom. The highest BCUT2D eigenvalue weighted by molar-refractivity contribution is 5.69. The molecule has 0 aliphatic heterocycles. The first-order chi connectivity index (χ1) is 7.67. The Hall–Kier alpha value is -1.62. The summed E-state index contributed by atoms with van der Waals surface area (Å²) in [5.41, 5.74) is 0.470. The van der Waals surface area contributed by atoms with Gasteiger partial charge in [0.25, 0.3) is 0 Å². The third kappa shape index (κ3) is 3.51. The molecule has 0 radical (unpaired) electrons. The summed E-state index contributed by atoms with van der Waals surface area (Å²) in [6, 6.07) is 4.15. The maximum absolute atomic E-state index is 13.3. The summed E-state index contributed by atoms with van der Waals surface area (Å²) in [6.07, 6.45) is 0.0672. The second-order valence-electron chi connectivity index (χ2n) is 3.10. The summed E-state index contributed by atoms with van der Waals surface area (Å²) in [4.78, 5) is 10.8. The van der Waals surface area contributed by atoms with E-state index in [0.717, 1.165) is 0 Å². The van der Waals surface area contributed by atoms with Crippen molar-refractivity contribution in [1.82, 2.24) is 0 Å². The molecule has 0 bridgehead atoms. The topological polar surface area (TPSA) is 55.8 Å². The number of aliphatic hydroxyl groups excluding tert-OH is 1. The van der Waals surface area contributed by atoms with Crippen molar-refractivity contribution in [3.05, 3.63) is 29.6 Å². The molecule has 0 aliphatic carbocycles. The van der Waals surface area contributed by atoms with Gasteiger partial charge in [-0.05, 0) is 17.7 Å². The Morgan fingerprint density at radius 1 is 1.50 bits per heavy atom. The minimum Gasteiger partial charge on any atom is -0.490 e. The van der Waals surface area contributed by atoms with Gasteiger partial charge < -0.3 is 14.6 Å². The molecule has 0 amide bonds. The smallest absolute Gasteiger partial charge is 0.308 e. The van der Waals surface area contributed by atoms with Gasteiger partial charge in [0.1, 0.15) is 0 Å². The van der Waals surface area contributed by atoms with Gasteiger partial charge in [-0.15, -0.1) is 0 Å². The first-order valence-electron chi connectivity index (χ1n) is 4.76. The van der Waals surface area contributed by atoms with Crippen LogP contribution in [0.3, 0.4) is 0 Å². The summed E-state index contributed by atoms with van der Waals surface area (Å²) in [6.45, 7) is -0.165. The van der Waals surface area contributed by atoms with E-state index in [1.54, 1.807) is 6.07 Å². The molecule has 1 N–H and O–H groups in total. The van der Waals surface area contributed by atoms with Crippen LogP contribution < -0.4 is 4.74 Å². The van der Waals surface area contributed by atoms with Gasteiger partial charge in [0, 0.05) is 0 Å². The largest absolute Gasteiger partial charge is 0.490 e. The molecule has 0 saturated heterocycles. The minimum atomic E-state index is -0.559. The first-order valence-corrected chi connectivity index (χ1v) is 4.76. The lowest BCUT2D eigenvalue weighted by atomic mass is 10.2. The summed E-state index contributed by atoms with van der Waals surface area (Å²) >= 11 is 0. The zero-order valence-corrected chi connectivity index (χ0v) is 8.90. The van der Waals surface area contributed by atoms with E-state index >= 15 is 0 Å². The van der Waals surface area contributed by atoms with Crippen molar-refractivity contribution >= 4 is 5.97 Å². The van der Waals surface area contributed by atoms with Crippen molar-refractivity contribution in [2.75, 3.05) is 13.7 Å². The lowest BCUT2D eigenvalue weighted by Crippen LogP contribution is -2.08. The molecule has 0 unspecified atom stereocenters. The van der Waals surface area contributed by atoms with Crippen LogP contribution in [0.5, 0.6) is 5.75 Å². The summed E-state index contributed by atoms with van der Waals surface area (Å²) < 4.78 is 22.8. The van der Waals surface area contributed by atoms with Crippen molar-refractivity contribution in [3.8, 4) is 5.75 Å². The van der Waals surface area contributed by atoms with Crippen LogP contribution in [-0.4, -0.2) is 24.8 Å². The maximum Gasteiger partial charge on any atom is 0.308 e. The molecule has 0 aliphatic rings. The number of aliphatic hydroxyl groups is 1. The molecule has 5 heteroatoms. The molecule has 4 nitrogen and oxygen atoms in total. The molecule has 0 saturated carbocycles. The third-order valence-corrected chi connectivity index (χ3v) is 1.97. The van der Waals surface area contributed by atoms with Crippen LogP contribution in [-0.2, 0) is 16.1 Å².